The first-order valence-electron chi connectivity index (χ1n) is 8.81. The molecule has 4 nitrogen and oxygen atoms in total. The molecule has 0 N–H and O–H groups in total. The summed E-state index contributed by atoms with van der Waals surface area (Å²) >= 11 is 0. The third-order valence-corrected chi connectivity index (χ3v) is 4.88. The molecule has 1 saturated heterocycles. The van der Waals surface area contributed by atoms with Crippen molar-refractivity contribution >= 4 is 0 Å². The molecule has 0 bridgehead atoms. The number of rotatable bonds is 5. The first-order valence-corrected chi connectivity index (χ1v) is 8.81. The number of hydrogen-bond acceptors (Lipinski definition) is 4. The first-order chi connectivity index (χ1) is 12.7. The molecule has 1 aliphatic rings. The minimum atomic E-state index is -0.257. The van der Waals surface area contributed by atoms with Crippen LogP contribution in [0.5, 0.6) is 5.75 Å². The maximum atomic E-state index is 13.1. The number of halogens is 1. The Kier molecular flexibility index (Phi) is 4.71. The second kappa shape index (κ2) is 7.30. The lowest BCUT2D eigenvalue weighted by molar-refractivity contribution is 0.224. The number of hydrogen-bond donors (Lipinski definition) is 0. The Morgan fingerprint density at radius 3 is 2.65 bits per heavy atom. The summed E-state index contributed by atoms with van der Waals surface area (Å²) in [5.41, 5.74) is 2.12. The van der Waals surface area contributed by atoms with Gasteiger partial charge in [0.15, 0.2) is 5.76 Å². The van der Waals surface area contributed by atoms with Crippen molar-refractivity contribution in [2.75, 3.05) is 13.7 Å². The van der Waals surface area contributed by atoms with Crippen molar-refractivity contribution in [2.24, 2.45) is 0 Å². The van der Waals surface area contributed by atoms with Crippen LogP contribution in [0.2, 0.25) is 0 Å². The zero-order valence-corrected chi connectivity index (χ0v) is 14.7. The molecule has 0 saturated carbocycles. The molecule has 1 fully saturated rings. The van der Waals surface area contributed by atoms with E-state index in [0.29, 0.717) is 24.2 Å². The highest BCUT2D eigenvalue weighted by molar-refractivity contribution is 5.55. The summed E-state index contributed by atoms with van der Waals surface area (Å²) < 4.78 is 24.2. The van der Waals surface area contributed by atoms with Gasteiger partial charge in [0.1, 0.15) is 11.6 Å². The molecule has 0 aliphatic carbocycles. The summed E-state index contributed by atoms with van der Waals surface area (Å²) in [6.07, 6.45) is 3.99. The summed E-state index contributed by atoms with van der Waals surface area (Å²) in [4.78, 5) is 6.80. The van der Waals surface area contributed by atoms with Gasteiger partial charge in [-0.05, 0) is 61.3 Å². The van der Waals surface area contributed by atoms with E-state index in [1.54, 1.807) is 25.4 Å². The second-order valence-corrected chi connectivity index (χ2v) is 6.53. The van der Waals surface area contributed by atoms with Gasteiger partial charge in [0, 0.05) is 11.6 Å². The number of benzene rings is 2. The van der Waals surface area contributed by atoms with Gasteiger partial charge in [-0.25, -0.2) is 9.37 Å². The average molecular weight is 352 g/mol. The van der Waals surface area contributed by atoms with Crippen molar-refractivity contribution in [3.63, 3.8) is 0 Å². The van der Waals surface area contributed by atoms with Crippen LogP contribution in [0, 0.1) is 5.82 Å². The molecule has 1 aliphatic heterocycles. The lowest BCUT2D eigenvalue weighted by atomic mass is 10.0. The fourth-order valence-corrected chi connectivity index (χ4v) is 3.52. The molecule has 0 amide bonds. The molecule has 2 aromatic carbocycles. The SMILES string of the molecule is COc1ccc([C@H]2CCCN2Cc2ncc(-c3ccc(F)cc3)o2)cc1. The van der Waals surface area contributed by atoms with Gasteiger partial charge < -0.3 is 9.15 Å². The summed E-state index contributed by atoms with van der Waals surface area (Å²) in [6, 6.07) is 14.9. The van der Waals surface area contributed by atoms with Crippen molar-refractivity contribution in [1.29, 1.82) is 0 Å². The van der Waals surface area contributed by atoms with Crippen LogP contribution in [0.15, 0.2) is 59.1 Å². The lowest BCUT2D eigenvalue weighted by Gasteiger charge is -2.23. The Hall–Kier alpha value is -2.66. The van der Waals surface area contributed by atoms with Crippen LogP contribution in [-0.4, -0.2) is 23.5 Å². The van der Waals surface area contributed by atoms with Gasteiger partial charge in [-0.1, -0.05) is 12.1 Å². The summed E-state index contributed by atoms with van der Waals surface area (Å²) in [5, 5.41) is 0. The van der Waals surface area contributed by atoms with Crippen molar-refractivity contribution in [2.45, 2.75) is 25.4 Å². The Morgan fingerprint density at radius 2 is 1.92 bits per heavy atom. The molecule has 26 heavy (non-hydrogen) atoms. The largest absolute Gasteiger partial charge is 0.497 e. The standard InChI is InChI=1S/C21H21FN2O2/c1-25-18-10-6-15(7-11-18)19-3-2-12-24(19)14-21-23-13-20(26-21)16-4-8-17(22)9-5-16/h4-11,13,19H,2-3,12,14H2,1H3/t19-/m1/s1. The smallest absolute Gasteiger partial charge is 0.209 e. The molecule has 0 unspecified atom stereocenters. The quantitative estimate of drug-likeness (QED) is 0.659. The second-order valence-electron chi connectivity index (χ2n) is 6.53. The molecule has 4 rings (SSSR count). The molecule has 3 aromatic rings. The van der Waals surface area contributed by atoms with Crippen molar-refractivity contribution in [3.8, 4) is 17.1 Å². The van der Waals surface area contributed by atoms with Crippen molar-refractivity contribution < 1.29 is 13.5 Å². The van der Waals surface area contributed by atoms with E-state index in [1.165, 1.54) is 17.7 Å². The fourth-order valence-electron chi connectivity index (χ4n) is 3.52. The number of oxazole rings is 1. The van der Waals surface area contributed by atoms with Crippen LogP contribution >= 0.6 is 0 Å². The van der Waals surface area contributed by atoms with Crippen molar-refractivity contribution in [1.82, 2.24) is 9.88 Å². The third kappa shape index (κ3) is 3.48. The van der Waals surface area contributed by atoms with Crippen LogP contribution in [0.25, 0.3) is 11.3 Å². The highest BCUT2D eigenvalue weighted by Gasteiger charge is 2.27. The van der Waals surface area contributed by atoms with E-state index in [-0.39, 0.29) is 5.82 Å². The molecule has 2 heterocycles. The van der Waals surface area contributed by atoms with Crippen LogP contribution in [0.3, 0.4) is 0 Å². The molecule has 5 heteroatoms. The predicted molar refractivity (Wildman–Crippen MR) is 97.3 cm³/mol. The van der Waals surface area contributed by atoms with E-state index in [9.17, 15) is 4.39 Å². The van der Waals surface area contributed by atoms with E-state index < -0.39 is 0 Å². The van der Waals surface area contributed by atoms with E-state index >= 15 is 0 Å². The summed E-state index contributed by atoms with van der Waals surface area (Å²) in [5.74, 6) is 1.97. The van der Waals surface area contributed by atoms with Gasteiger partial charge in [0.2, 0.25) is 5.89 Å². The number of aromatic nitrogens is 1. The molecule has 1 aromatic heterocycles. The van der Waals surface area contributed by atoms with Gasteiger partial charge in [-0.3, -0.25) is 4.90 Å². The normalized spacial score (nSPS) is 17.5. The highest BCUT2D eigenvalue weighted by atomic mass is 19.1. The number of methoxy groups -OCH3 is 1. The van der Waals surface area contributed by atoms with Gasteiger partial charge >= 0.3 is 0 Å². The van der Waals surface area contributed by atoms with Crippen LogP contribution < -0.4 is 4.74 Å². The van der Waals surface area contributed by atoms with Gasteiger partial charge in [-0.15, -0.1) is 0 Å². The van der Waals surface area contributed by atoms with Gasteiger partial charge in [0.05, 0.1) is 19.9 Å². The summed E-state index contributed by atoms with van der Waals surface area (Å²) in [7, 11) is 1.68. The minimum Gasteiger partial charge on any atom is -0.497 e. The topological polar surface area (TPSA) is 38.5 Å². The van der Waals surface area contributed by atoms with E-state index in [0.717, 1.165) is 30.7 Å². The molecule has 0 spiro atoms. The fraction of sp³-hybridized carbons (Fsp3) is 0.286. The molecular weight excluding hydrogens is 331 g/mol. The van der Waals surface area contributed by atoms with E-state index in [4.69, 9.17) is 9.15 Å². The van der Waals surface area contributed by atoms with Crippen LogP contribution in [-0.2, 0) is 6.54 Å². The predicted octanol–water partition coefficient (Wildman–Crippen LogP) is 4.83. The Balaban J connectivity index is 1.48. The number of ether oxygens (including phenoxy) is 1. The Labute approximate surface area is 152 Å². The van der Waals surface area contributed by atoms with Crippen molar-refractivity contribution in [3.05, 3.63) is 72.0 Å². The average Bonchev–Trinajstić information content (AvgIpc) is 3.33. The van der Waals surface area contributed by atoms with Crippen LogP contribution in [0.4, 0.5) is 4.39 Å². The maximum absolute atomic E-state index is 13.1. The zero-order valence-electron chi connectivity index (χ0n) is 14.7. The van der Waals surface area contributed by atoms with Gasteiger partial charge in [-0.2, -0.15) is 0 Å². The number of likely N-dealkylation sites (tertiary alicyclic amines) is 1. The molecule has 0 radical (unpaired) electrons. The minimum absolute atomic E-state index is 0.257. The molecular formula is C21H21FN2O2. The first kappa shape index (κ1) is 16.8. The monoisotopic (exact) mass is 352 g/mol. The van der Waals surface area contributed by atoms with E-state index in [2.05, 4.69) is 22.0 Å². The van der Waals surface area contributed by atoms with E-state index in [1.807, 2.05) is 12.1 Å². The molecule has 1 atom stereocenters. The lowest BCUT2D eigenvalue weighted by Crippen LogP contribution is -2.22. The van der Waals surface area contributed by atoms with Gasteiger partial charge in [0.25, 0.3) is 0 Å². The Bertz CT molecular complexity index is 858. The zero-order chi connectivity index (χ0) is 17.9. The third-order valence-electron chi connectivity index (χ3n) is 4.88. The molecule has 134 valence electrons. The maximum Gasteiger partial charge on any atom is 0.209 e. The highest BCUT2D eigenvalue weighted by Crippen LogP contribution is 2.34. The number of nitrogens with zero attached hydrogens (tertiary/aromatic N) is 2. The Morgan fingerprint density at radius 1 is 1.15 bits per heavy atom. The van der Waals surface area contributed by atoms with Crippen LogP contribution in [0.1, 0.15) is 30.3 Å². The summed E-state index contributed by atoms with van der Waals surface area (Å²) in [6.45, 7) is 1.68.